The topological polar surface area (TPSA) is 57.7 Å². The number of sulfonamides is 1. The Hall–Kier alpha value is -1.61. The van der Waals surface area contributed by atoms with E-state index in [0.29, 0.717) is 31.5 Å². The summed E-state index contributed by atoms with van der Waals surface area (Å²) in [6.07, 6.45) is -0.715. The molecule has 1 atom stereocenters. The molecule has 0 N–H and O–H groups in total. The van der Waals surface area contributed by atoms with E-state index in [1.54, 1.807) is 17.9 Å². The first-order valence-electron chi connectivity index (χ1n) is 9.43. The summed E-state index contributed by atoms with van der Waals surface area (Å²) >= 11 is 0. The molecule has 5 nitrogen and oxygen atoms in total. The van der Waals surface area contributed by atoms with Crippen molar-refractivity contribution in [1.29, 1.82) is 0 Å². The normalized spacial score (nSPS) is 20.8. The van der Waals surface area contributed by atoms with E-state index in [9.17, 15) is 26.4 Å². The Kier molecular flexibility index (Phi) is 5.78. The van der Waals surface area contributed by atoms with Crippen molar-refractivity contribution in [3.8, 4) is 0 Å². The zero-order valence-corrected chi connectivity index (χ0v) is 16.8. The SMILES string of the molecule is CC(c1cccc(C(F)(F)F)c1)N(C(=O)C1CCN(S(C)(=O)=O)CC1)C1CC1. The molecule has 1 amide bonds. The summed E-state index contributed by atoms with van der Waals surface area (Å²) in [5, 5.41) is 0. The van der Waals surface area contributed by atoms with Crippen molar-refractivity contribution < 1.29 is 26.4 Å². The summed E-state index contributed by atoms with van der Waals surface area (Å²) in [7, 11) is -3.28. The van der Waals surface area contributed by atoms with Gasteiger partial charge < -0.3 is 4.90 Å². The lowest BCUT2D eigenvalue weighted by Crippen LogP contribution is -2.45. The van der Waals surface area contributed by atoms with E-state index in [1.165, 1.54) is 10.4 Å². The van der Waals surface area contributed by atoms with Crippen LogP contribution < -0.4 is 0 Å². The van der Waals surface area contributed by atoms with E-state index in [1.807, 2.05) is 0 Å². The van der Waals surface area contributed by atoms with Gasteiger partial charge in [0.15, 0.2) is 0 Å². The molecule has 1 heterocycles. The van der Waals surface area contributed by atoms with Gasteiger partial charge in [0.2, 0.25) is 15.9 Å². The van der Waals surface area contributed by atoms with Crippen molar-refractivity contribution in [2.45, 2.75) is 50.9 Å². The van der Waals surface area contributed by atoms with Crippen molar-refractivity contribution in [1.82, 2.24) is 9.21 Å². The molecule has 1 aromatic rings. The lowest BCUT2D eigenvalue weighted by atomic mass is 9.94. The molecule has 9 heteroatoms. The summed E-state index contributed by atoms with van der Waals surface area (Å²) < 4.78 is 63.8. The highest BCUT2D eigenvalue weighted by molar-refractivity contribution is 7.88. The van der Waals surface area contributed by atoms with Crippen LogP contribution in [0.4, 0.5) is 13.2 Å². The highest BCUT2D eigenvalue weighted by atomic mass is 32.2. The molecule has 0 bridgehead atoms. The number of piperidine rings is 1. The van der Waals surface area contributed by atoms with Gasteiger partial charge in [-0.3, -0.25) is 4.79 Å². The van der Waals surface area contributed by atoms with E-state index in [0.717, 1.165) is 31.2 Å². The number of rotatable bonds is 5. The van der Waals surface area contributed by atoms with Gasteiger partial charge >= 0.3 is 6.18 Å². The second-order valence-corrected chi connectivity index (χ2v) is 9.69. The van der Waals surface area contributed by atoms with Crippen LogP contribution in [0.3, 0.4) is 0 Å². The van der Waals surface area contributed by atoms with Gasteiger partial charge in [-0.25, -0.2) is 12.7 Å². The van der Waals surface area contributed by atoms with Crippen LogP contribution in [0.5, 0.6) is 0 Å². The lowest BCUT2D eigenvalue weighted by molar-refractivity contribution is -0.139. The third-order valence-corrected chi connectivity index (χ3v) is 6.88. The predicted octanol–water partition coefficient (Wildman–Crippen LogP) is 3.43. The fraction of sp³-hybridized carbons (Fsp3) is 0.632. The summed E-state index contributed by atoms with van der Waals surface area (Å²) in [4.78, 5) is 14.9. The molecule has 1 aromatic carbocycles. The second kappa shape index (κ2) is 7.67. The fourth-order valence-corrected chi connectivity index (χ4v) is 4.69. The monoisotopic (exact) mass is 418 g/mol. The van der Waals surface area contributed by atoms with Gasteiger partial charge in [-0.15, -0.1) is 0 Å². The van der Waals surface area contributed by atoms with Crippen LogP contribution in [0.1, 0.15) is 49.8 Å². The zero-order valence-electron chi connectivity index (χ0n) is 15.9. The van der Waals surface area contributed by atoms with Crippen molar-refractivity contribution in [2.24, 2.45) is 5.92 Å². The van der Waals surface area contributed by atoms with E-state index in [2.05, 4.69) is 0 Å². The minimum Gasteiger partial charge on any atom is -0.333 e. The van der Waals surface area contributed by atoms with Crippen molar-refractivity contribution >= 4 is 15.9 Å². The van der Waals surface area contributed by atoms with Crippen LogP contribution in [-0.2, 0) is 21.0 Å². The minimum absolute atomic E-state index is 0.0463. The maximum absolute atomic E-state index is 13.2. The largest absolute Gasteiger partial charge is 0.416 e. The maximum Gasteiger partial charge on any atom is 0.416 e. The van der Waals surface area contributed by atoms with Gasteiger partial charge in [-0.05, 0) is 50.3 Å². The van der Waals surface area contributed by atoms with Crippen LogP contribution in [0, 0.1) is 5.92 Å². The molecule has 1 aliphatic heterocycles. The molecule has 0 aromatic heterocycles. The van der Waals surface area contributed by atoms with Crippen LogP contribution in [0.25, 0.3) is 0 Å². The van der Waals surface area contributed by atoms with E-state index in [4.69, 9.17) is 0 Å². The average Bonchev–Trinajstić information content (AvgIpc) is 3.45. The molecule has 3 rings (SSSR count). The minimum atomic E-state index is -4.43. The second-order valence-electron chi connectivity index (χ2n) is 7.71. The molecule has 156 valence electrons. The molecule has 1 saturated heterocycles. The van der Waals surface area contributed by atoms with Gasteiger partial charge in [0.1, 0.15) is 0 Å². The van der Waals surface area contributed by atoms with Crippen LogP contribution in [0.2, 0.25) is 0 Å². The lowest BCUT2D eigenvalue weighted by Gasteiger charge is -2.36. The average molecular weight is 418 g/mol. The third-order valence-electron chi connectivity index (χ3n) is 5.58. The van der Waals surface area contributed by atoms with Crippen LogP contribution >= 0.6 is 0 Å². The molecular formula is C19H25F3N2O3S. The van der Waals surface area contributed by atoms with Gasteiger partial charge in [0.25, 0.3) is 0 Å². The number of nitrogens with zero attached hydrogens (tertiary/aromatic N) is 2. The Balaban J connectivity index is 1.76. The van der Waals surface area contributed by atoms with Crippen molar-refractivity contribution in [3.63, 3.8) is 0 Å². The molecule has 2 fully saturated rings. The zero-order chi connectivity index (χ0) is 20.7. The highest BCUT2D eigenvalue weighted by Crippen LogP contribution is 2.38. The molecule has 1 unspecified atom stereocenters. The Morgan fingerprint density at radius 2 is 1.79 bits per heavy atom. The first-order valence-corrected chi connectivity index (χ1v) is 11.3. The Morgan fingerprint density at radius 1 is 1.18 bits per heavy atom. The molecule has 28 heavy (non-hydrogen) atoms. The Labute approximate surface area is 163 Å². The molecule has 1 saturated carbocycles. The van der Waals surface area contributed by atoms with Crippen molar-refractivity contribution in [2.75, 3.05) is 19.3 Å². The summed E-state index contributed by atoms with van der Waals surface area (Å²) in [6, 6.07) is 4.71. The smallest absolute Gasteiger partial charge is 0.333 e. The summed E-state index contributed by atoms with van der Waals surface area (Å²) in [6.45, 7) is 2.36. The number of hydrogen-bond acceptors (Lipinski definition) is 3. The fourth-order valence-electron chi connectivity index (χ4n) is 3.82. The number of amides is 1. The van der Waals surface area contributed by atoms with E-state index >= 15 is 0 Å². The number of benzene rings is 1. The van der Waals surface area contributed by atoms with Gasteiger partial charge in [0.05, 0.1) is 17.9 Å². The molecular weight excluding hydrogens is 393 g/mol. The van der Waals surface area contributed by atoms with Crippen LogP contribution in [0.15, 0.2) is 24.3 Å². The standard InChI is InChI=1S/C19H25F3N2O3S/c1-13(15-4-3-5-16(12-15)19(20,21)22)24(17-6-7-17)18(25)14-8-10-23(11-9-14)28(2,26)27/h3-5,12-14,17H,6-11H2,1-2H3. The number of hydrogen-bond donors (Lipinski definition) is 0. The van der Waals surface area contributed by atoms with Gasteiger partial charge in [-0.1, -0.05) is 12.1 Å². The quantitative estimate of drug-likeness (QED) is 0.736. The number of alkyl halides is 3. The number of carbonyl (C=O) groups excluding carboxylic acids is 1. The maximum atomic E-state index is 13.2. The molecule has 2 aliphatic rings. The first kappa shape index (κ1) is 21.1. The molecule has 0 radical (unpaired) electrons. The predicted molar refractivity (Wildman–Crippen MR) is 98.9 cm³/mol. The van der Waals surface area contributed by atoms with Crippen molar-refractivity contribution in [3.05, 3.63) is 35.4 Å². The first-order chi connectivity index (χ1) is 13.0. The Morgan fingerprint density at radius 3 is 2.29 bits per heavy atom. The highest BCUT2D eigenvalue weighted by Gasteiger charge is 2.41. The van der Waals surface area contributed by atoms with Gasteiger partial charge in [0, 0.05) is 25.0 Å². The summed E-state index contributed by atoms with van der Waals surface area (Å²) in [5.74, 6) is -0.382. The number of carbonyl (C=O) groups is 1. The van der Waals surface area contributed by atoms with E-state index < -0.39 is 27.8 Å². The molecule has 0 spiro atoms. The molecule has 1 aliphatic carbocycles. The van der Waals surface area contributed by atoms with Gasteiger partial charge in [-0.2, -0.15) is 13.2 Å². The third kappa shape index (κ3) is 4.68. The van der Waals surface area contributed by atoms with E-state index in [-0.39, 0.29) is 17.9 Å². The van der Waals surface area contributed by atoms with Crippen LogP contribution in [-0.4, -0.2) is 48.9 Å². The number of halogens is 3. The summed E-state index contributed by atoms with van der Waals surface area (Å²) in [5.41, 5.74) is -0.259. The Bertz CT molecular complexity index is 829.